The van der Waals surface area contributed by atoms with Gasteiger partial charge in [-0.2, -0.15) is 0 Å². The first-order valence-electron chi connectivity index (χ1n) is 7.05. The molecule has 0 aromatic heterocycles. The predicted molar refractivity (Wildman–Crippen MR) is 77.2 cm³/mol. The molecule has 0 spiro atoms. The third-order valence-corrected chi connectivity index (χ3v) is 4.19. The summed E-state index contributed by atoms with van der Waals surface area (Å²) in [6, 6.07) is 5.93. The molecule has 3 N–H and O–H groups in total. The van der Waals surface area contributed by atoms with Crippen molar-refractivity contribution in [3.05, 3.63) is 35.1 Å². The number of rotatable bonds is 3. The van der Waals surface area contributed by atoms with Crippen LogP contribution in [0.1, 0.15) is 44.2 Å². The van der Waals surface area contributed by atoms with E-state index in [9.17, 15) is 4.39 Å². The van der Waals surface area contributed by atoms with Crippen LogP contribution in [0.5, 0.6) is 0 Å². The number of hydrogen-bond donors (Lipinski definition) is 2. The second-order valence-corrected chi connectivity index (χ2v) is 5.57. The zero-order chi connectivity index (χ0) is 14.7. The van der Waals surface area contributed by atoms with Crippen molar-refractivity contribution in [1.29, 1.82) is 0 Å². The minimum atomic E-state index is -0.396. The van der Waals surface area contributed by atoms with Gasteiger partial charge in [-0.25, -0.2) is 4.39 Å². The molecule has 5 heteroatoms. The Kier molecular flexibility index (Phi) is 4.60. The molecule has 0 bridgehead atoms. The first-order valence-corrected chi connectivity index (χ1v) is 7.05. The lowest BCUT2D eigenvalue weighted by atomic mass is 9.96. The van der Waals surface area contributed by atoms with Crippen LogP contribution < -0.4 is 5.73 Å². The Bertz CT molecular complexity index is 494. The van der Waals surface area contributed by atoms with Gasteiger partial charge in [-0.3, -0.25) is 4.90 Å². The molecular weight excluding hydrogens is 257 g/mol. The van der Waals surface area contributed by atoms with Crippen LogP contribution in [0, 0.1) is 5.82 Å². The number of nitrogens with zero attached hydrogens (tertiary/aromatic N) is 2. The van der Waals surface area contributed by atoms with Crippen LogP contribution in [0.4, 0.5) is 4.39 Å². The average molecular weight is 279 g/mol. The van der Waals surface area contributed by atoms with E-state index in [4.69, 9.17) is 10.9 Å². The summed E-state index contributed by atoms with van der Waals surface area (Å²) < 4.78 is 14.4. The summed E-state index contributed by atoms with van der Waals surface area (Å²) in [6.45, 7) is 4.92. The SMILES string of the molecule is CC1CCCC(C)N1Cc1cccc(/C(N)=N/O)c1F. The van der Waals surface area contributed by atoms with E-state index in [0.29, 0.717) is 24.2 Å². The molecule has 1 heterocycles. The number of oxime groups is 1. The summed E-state index contributed by atoms with van der Waals surface area (Å²) in [6.07, 6.45) is 3.52. The van der Waals surface area contributed by atoms with E-state index >= 15 is 0 Å². The lowest BCUT2D eigenvalue weighted by Gasteiger charge is -2.39. The molecule has 0 aliphatic carbocycles. The zero-order valence-corrected chi connectivity index (χ0v) is 12.0. The zero-order valence-electron chi connectivity index (χ0n) is 12.0. The van der Waals surface area contributed by atoms with E-state index in [-0.39, 0.29) is 11.4 Å². The lowest BCUT2D eigenvalue weighted by molar-refractivity contribution is 0.0940. The van der Waals surface area contributed by atoms with Gasteiger partial charge in [-0.1, -0.05) is 23.7 Å². The van der Waals surface area contributed by atoms with E-state index in [1.165, 1.54) is 12.5 Å². The first-order chi connectivity index (χ1) is 9.54. The van der Waals surface area contributed by atoms with Crippen molar-refractivity contribution in [3.8, 4) is 0 Å². The maximum atomic E-state index is 14.4. The molecule has 20 heavy (non-hydrogen) atoms. The van der Waals surface area contributed by atoms with Crippen molar-refractivity contribution in [2.24, 2.45) is 10.9 Å². The number of hydrogen-bond acceptors (Lipinski definition) is 3. The molecule has 1 aromatic rings. The monoisotopic (exact) mass is 279 g/mol. The van der Waals surface area contributed by atoms with E-state index in [1.54, 1.807) is 12.1 Å². The summed E-state index contributed by atoms with van der Waals surface area (Å²) in [4.78, 5) is 2.32. The number of halogens is 1. The van der Waals surface area contributed by atoms with Gasteiger partial charge in [-0.15, -0.1) is 0 Å². The molecule has 2 unspecified atom stereocenters. The fraction of sp³-hybridized carbons (Fsp3) is 0.533. The molecule has 4 nitrogen and oxygen atoms in total. The smallest absolute Gasteiger partial charge is 0.173 e. The van der Waals surface area contributed by atoms with Gasteiger partial charge in [0.25, 0.3) is 0 Å². The average Bonchev–Trinajstić information content (AvgIpc) is 2.44. The van der Waals surface area contributed by atoms with E-state index in [1.807, 2.05) is 0 Å². The lowest BCUT2D eigenvalue weighted by Crippen LogP contribution is -2.43. The van der Waals surface area contributed by atoms with Gasteiger partial charge in [0.1, 0.15) is 5.82 Å². The van der Waals surface area contributed by atoms with Crippen LogP contribution in [0.25, 0.3) is 0 Å². The quantitative estimate of drug-likeness (QED) is 0.387. The highest BCUT2D eigenvalue weighted by Crippen LogP contribution is 2.25. The Morgan fingerprint density at radius 2 is 2.05 bits per heavy atom. The molecule has 110 valence electrons. The van der Waals surface area contributed by atoms with Gasteiger partial charge in [0.2, 0.25) is 0 Å². The van der Waals surface area contributed by atoms with Crippen molar-refractivity contribution >= 4 is 5.84 Å². The molecule has 0 saturated carbocycles. The fourth-order valence-corrected chi connectivity index (χ4v) is 2.94. The van der Waals surface area contributed by atoms with Crippen LogP contribution in [-0.4, -0.2) is 28.0 Å². The van der Waals surface area contributed by atoms with Crippen molar-refractivity contribution in [1.82, 2.24) is 4.90 Å². The summed E-state index contributed by atoms with van der Waals surface area (Å²) in [5.41, 5.74) is 6.25. The predicted octanol–water partition coefficient (Wildman–Crippen LogP) is 2.68. The topological polar surface area (TPSA) is 61.8 Å². The third-order valence-electron chi connectivity index (χ3n) is 4.19. The Hall–Kier alpha value is -1.62. The summed E-state index contributed by atoms with van der Waals surface area (Å²) in [7, 11) is 0. The van der Waals surface area contributed by atoms with Gasteiger partial charge in [0.15, 0.2) is 5.84 Å². The van der Waals surface area contributed by atoms with Crippen molar-refractivity contribution < 1.29 is 9.60 Å². The normalized spacial score (nSPS) is 24.9. The number of piperidine rings is 1. The van der Waals surface area contributed by atoms with Gasteiger partial charge < -0.3 is 10.9 Å². The highest BCUT2D eigenvalue weighted by molar-refractivity contribution is 5.97. The Balaban J connectivity index is 2.25. The molecule has 2 atom stereocenters. The molecule has 0 amide bonds. The van der Waals surface area contributed by atoms with E-state index in [0.717, 1.165) is 12.8 Å². The third kappa shape index (κ3) is 2.93. The maximum Gasteiger partial charge on any atom is 0.173 e. The van der Waals surface area contributed by atoms with Crippen LogP contribution in [0.2, 0.25) is 0 Å². The molecule has 1 aliphatic heterocycles. The molecule has 0 radical (unpaired) electrons. The fourth-order valence-electron chi connectivity index (χ4n) is 2.94. The molecule has 1 fully saturated rings. The van der Waals surface area contributed by atoms with Gasteiger partial charge in [-0.05, 0) is 32.8 Å². The largest absolute Gasteiger partial charge is 0.409 e. The number of amidine groups is 1. The highest BCUT2D eigenvalue weighted by atomic mass is 19.1. The summed E-state index contributed by atoms with van der Waals surface area (Å²) >= 11 is 0. The first kappa shape index (κ1) is 14.8. The molecule has 1 saturated heterocycles. The standard InChI is InChI=1S/C15H22FN3O/c1-10-5-3-6-11(2)19(10)9-12-7-4-8-13(14(12)16)15(17)18-20/h4,7-8,10-11,20H,3,5-6,9H2,1-2H3,(H2,17,18). The number of benzene rings is 1. The minimum absolute atomic E-state index is 0.155. The van der Waals surface area contributed by atoms with Gasteiger partial charge >= 0.3 is 0 Å². The summed E-state index contributed by atoms with van der Waals surface area (Å²) in [5.74, 6) is -0.586. The Morgan fingerprint density at radius 3 is 2.65 bits per heavy atom. The van der Waals surface area contributed by atoms with Crippen LogP contribution in [0.15, 0.2) is 23.4 Å². The van der Waals surface area contributed by atoms with Crippen molar-refractivity contribution in [2.75, 3.05) is 0 Å². The minimum Gasteiger partial charge on any atom is -0.409 e. The van der Waals surface area contributed by atoms with Crippen LogP contribution in [-0.2, 0) is 6.54 Å². The number of likely N-dealkylation sites (tertiary alicyclic amines) is 1. The van der Waals surface area contributed by atoms with Gasteiger partial charge in [0.05, 0.1) is 5.56 Å². The number of nitrogens with two attached hydrogens (primary N) is 1. The van der Waals surface area contributed by atoms with E-state index in [2.05, 4.69) is 23.9 Å². The maximum absolute atomic E-state index is 14.4. The molecule has 1 aromatic carbocycles. The highest BCUT2D eigenvalue weighted by Gasteiger charge is 2.25. The molecule has 2 rings (SSSR count). The van der Waals surface area contributed by atoms with Crippen LogP contribution >= 0.6 is 0 Å². The van der Waals surface area contributed by atoms with E-state index < -0.39 is 5.82 Å². The Morgan fingerprint density at radius 1 is 1.40 bits per heavy atom. The summed E-state index contributed by atoms with van der Waals surface area (Å²) in [5, 5.41) is 11.6. The van der Waals surface area contributed by atoms with Crippen LogP contribution in [0.3, 0.4) is 0 Å². The van der Waals surface area contributed by atoms with Crippen molar-refractivity contribution in [3.63, 3.8) is 0 Å². The van der Waals surface area contributed by atoms with Gasteiger partial charge in [0, 0.05) is 24.2 Å². The van der Waals surface area contributed by atoms with Crippen molar-refractivity contribution in [2.45, 2.75) is 51.7 Å². The second-order valence-electron chi connectivity index (χ2n) is 5.57. The second kappa shape index (κ2) is 6.22. The Labute approximate surface area is 119 Å². The molecular formula is C15H22FN3O. The molecule has 1 aliphatic rings.